The summed E-state index contributed by atoms with van der Waals surface area (Å²) in [7, 11) is -1.14. The van der Waals surface area contributed by atoms with Gasteiger partial charge in [-0.05, 0) is 23.8 Å². The summed E-state index contributed by atoms with van der Waals surface area (Å²) < 4.78 is 0. The second kappa shape index (κ2) is 5.80. The topological polar surface area (TPSA) is 3.24 Å². The van der Waals surface area contributed by atoms with E-state index < -0.39 is 8.07 Å². The quantitative estimate of drug-likeness (QED) is 0.760. The number of nitrogens with zero attached hydrogens (tertiary/aromatic N) is 1. The molecule has 1 aromatic carbocycles. The van der Waals surface area contributed by atoms with E-state index in [1.165, 1.54) is 25.1 Å². The normalized spacial score (nSPS) is 25.5. The predicted octanol–water partition coefficient (Wildman–Crippen LogP) is 3.71. The minimum absolute atomic E-state index is 0.852. The molecule has 0 saturated carbocycles. The van der Waals surface area contributed by atoms with Crippen LogP contribution >= 0.6 is 0 Å². The molecule has 1 nitrogen and oxygen atoms in total. The Hall–Kier alpha value is -0.603. The molecule has 0 aliphatic carbocycles. The molecular weight excluding hydrogens is 246 g/mol. The molecule has 1 aromatic rings. The first-order chi connectivity index (χ1) is 8.84. The van der Waals surface area contributed by atoms with Crippen LogP contribution < -0.4 is 5.19 Å². The molecule has 2 unspecified atom stereocenters. The summed E-state index contributed by atoms with van der Waals surface area (Å²) in [6.45, 7) is 15.7. The molecule has 1 fully saturated rings. The Kier molecular flexibility index (Phi) is 4.52. The molecule has 0 spiro atoms. The first kappa shape index (κ1) is 14.8. The predicted molar refractivity (Wildman–Crippen MR) is 87.6 cm³/mol. The van der Waals surface area contributed by atoms with Crippen LogP contribution in [-0.4, -0.2) is 26.1 Å². The summed E-state index contributed by atoms with van der Waals surface area (Å²) in [6, 6.07) is 9.41. The summed E-state index contributed by atoms with van der Waals surface area (Å²) in [5, 5.41) is 1.57. The Morgan fingerprint density at radius 1 is 1.00 bits per heavy atom. The minimum Gasteiger partial charge on any atom is -0.299 e. The van der Waals surface area contributed by atoms with Gasteiger partial charge in [-0.15, -0.1) is 0 Å². The molecule has 2 rings (SSSR count). The van der Waals surface area contributed by atoms with Crippen LogP contribution in [0.2, 0.25) is 19.6 Å². The fourth-order valence-corrected chi connectivity index (χ4v) is 4.46. The standard InChI is InChI=1S/C17H29NSi/c1-14-10-15(2)12-18(11-14)13-16-6-8-17(9-7-16)19(3,4)5/h6-9,14-15H,10-13H2,1-5H3. The molecule has 0 radical (unpaired) electrons. The molecule has 0 bridgehead atoms. The molecule has 1 aliphatic heterocycles. The van der Waals surface area contributed by atoms with Crippen molar-refractivity contribution in [2.75, 3.05) is 13.1 Å². The van der Waals surface area contributed by atoms with E-state index in [0.717, 1.165) is 18.4 Å². The highest BCUT2D eigenvalue weighted by atomic mass is 28.3. The minimum atomic E-state index is -1.14. The van der Waals surface area contributed by atoms with Crippen LogP contribution in [0.4, 0.5) is 0 Å². The monoisotopic (exact) mass is 275 g/mol. The van der Waals surface area contributed by atoms with Crippen LogP contribution in [-0.2, 0) is 6.54 Å². The van der Waals surface area contributed by atoms with Gasteiger partial charge < -0.3 is 0 Å². The Labute approximate surface area is 120 Å². The molecule has 1 aliphatic rings. The van der Waals surface area contributed by atoms with Gasteiger partial charge in [-0.25, -0.2) is 0 Å². The van der Waals surface area contributed by atoms with E-state index in [9.17, 15) is 0 Å². The second-order valence-corrected chi connectivity index (χ2v) is 12.7. The lowest BCUT2D eigenvalue weighted by molar-refractivity contribution is 0.134. The van der Waals surface area contributed by atoms with Gasteiger partial charge in [-0.1, -0.05) is 62.9 Å². The number of hydrogen-bond donors (Lipinski definition) is 0. The highest BCUT2D eigenvalue weighted by Gasteiger charge is 2.22. The third kappa shape index (κ3) is 4.18. The molecule has 0 aromatic heterocycles. The van der Waals surface area contributed by atoms with E-state index in [1.807, 2.05) is 0 Å². The molecule has 0 N–H and O–H groups in total. The van der Waals surface area contributed by atoms with Gasteiger partial charge in [0.25, 0.3) is 0 Å². The van der Waals surface area contributed by atoms with Gasteiger partial charge in [-0.3, -0.25) is 4.90 Å². The number of likely N-dealkylation sites (tertiary alicyclic amines) is 1. The van der Waals surface area contributed by atoms with E-state index in [1.54, 1.807) is 5.19 Å². The lowest BCUT2D eigenvalue weighted by Crippen LogP contribution is -2.39. The van der Waals surface area contributed by atoms with Crippen LogP contribution in [0, 0.1) is 11.8 Å². The highest BCUT2D eigenvalue weighted by Crippen LogP contribution is 2.22. The third-order valence-electron chi connectivity index (χ3n) is 4.17. The van der Waals surface area contributed by atoms with Crippen molar-refractivity contribution in [3.05, 3.63) is 29.8 Å². The fourth-order valence-electron chi connectivity index (χ4n) is 3.29. The maximum Gasteiger partial charge on any atom is 0.0775 e. The fraction of sp³-hybridized carbons (Fsp3) is 0.647. The van der Waals surface area contributed by atoms with Crippen molar-refractivity contribution in [2.24, 2.45) is 11.8 Å². The summed E-state index contributed by atoms with van der Waals surface area (Å²) in [5.41, 5.74) is 1.48. The van der Waals surface area contributed by atoms with E-state index in [-0.39, 0.29) is 0 Å². The number of piperidine rings is 1. The van der Waals surface area contributed by atoms with Crippen molar-refractivity contribution in [1.82, 2.24) is 4.90 Å². The van der Waals surface area contributed by atoms with Crippen molar-refractivity contribution in [1.29, 1.82) is 0 Å². The molecule has 1 saturated heterocycles. The summed E-state index contributed by atoms with van der Waals surface area (Å²) in [6.07, 6.45) is 1.39. The van der Waals surface area contributed by atoms with Gasteiger partial charge in [-0.2, -0.15) is 0 Å². The number of rotatable bonds is 3. The van der Waals surface area contributed by atoms with Crippen LogP contribution in [0.5, 0.6) is 0 Å². The lowest BCUT2D eigenvalue weighted by Gasteiger charge is -2.35. The Balaban J connectivity index is 1.99. The van der Waals surface area contributed by atoms with E-state index in [2.05, 4.69) is 62.7 Å². The summed E-state index contributed by atoms with van der Waals surface area (Å²) >= 11 is 0. The van der Waals surface area contributed by atoms with Crippen LogP contribution in [0.3, 0.4) is 0 Å². The van der Waals surface area contributed by atoms with Gasteiger partial charge in [0, 0.05) is 19.6 Å². The Bertz CT molecular complexity index is 394. The SMILES string of the molecule is CC1CC(C)CN(Cc2ccc([Si](C)(C)C)cc2)C1. The second-order valence-electron chi connectivity index (χ2n) is 7.59. The van der Waals surface area contributed by atoms with Gasteiger partial charge in [0.15, 0.2) is 0 Å². The molecule has 2 atom stereocenters. The molecular formula is C17H29NSi. The van der Waals surface area contributed by atoms with E-state index in [0.29, 0.717) is 0 Å². The first-order valence-corrected chi connectivity index (χ1v) is 11.2. The van der Waals surface area contributed by atoms with Gasteiger partial charge >= 0.3 is 0 Å². The smallest absolute Gasteiger partial charge is 0.0775 e. The van der Waals surface area contributed by atoms with Gasteiger partial charge in [0.2, 0.25) is 0 Å². The van der Waals surface area contributed by atoms with E-state index >= 15 is 0 Å². The number of hydrogen-bond acceptors (Lipinski definition) is 1. The molecule has 1 heterocycles. The van der Waals surface area contributed by atoms with Gasteiger partial charge in [0.1, 0.15) is 0 Å². The zero-order valence-electron chi connectivity index (χ0n) is 13.2. The Morgan fingerprint density at radius 3 is 2.00 bits per heavy atom. The van der Waals surface area contributed by atoms with Crippen molar-refractivity contribution in [3.63, 3.8) is 0 Å². The first-order valence-electron chi connectivity index (χ1n) is 7.66. The maximum atomic E-state index is 2.63. The molecule has 106 valence electrons. The van der Waals surface area contributed by atoms with Crippen molar-refractivity contribution >= 4 is 13.3 Å². The van der Waals surface area contributed by atoms with Crippen molar-refractivity contribution < 1.29 is 0 Å². The van der Waals surface area contributed by atoms with Crippen LogP contribution in [0.25, 0.3) is 0 Å². The van der Waals surface area contributed by atoms with E-state index in [4.69, 9.17) is 0 Å². The lowest BCUT2D eigenvalue weighted by atomic mass is 9.91. The summed E-state index contributed by atoms with van der Waals surface area (Å²) in [5.74, 6) is 1.70. The largest absolute Gasteiger partial charge is 0.299 e. The average molecular weight is 276 g/mol. The highest BCUT2D eigenvalue weighted by molar-refractivity contribution is 6.88. The van der Waals surface area contributed by atoms with Crippen LogP contribution in [0.15, 0.2) is 24.3 Å². The molecule has 0 amide bonds. The Morgan fingerprint density at radius 2 is 1.53 bits per heavy atom. The summed E-state index contributed by atoms with van der Waals surface area (Å²) in [4.78, 5) is 2.63. The van der Waals surface area contributed by atoms with Gasteiger partial charge in [0.05, 0.1) is 8.07 Å². The molecule has 19 heavy (non-hydrogen) atoms. The van der Waals surface area contributed by atoms with Crippen molar-refractivity contribution in [2.45, 2.75) is 46.5 Å². The maximum absolute atomic E-state index is 2.63. The zero-order valence-corrected chi connectivity index (χ0v) is 14.2. The zero-order chi connectivity index (χ0) is 14.0. The molecule has 2 heteroatoms. The third-order valence-corrected chi connectivity index (χ3v) is 6.24. The van der Waals surface area contributed by atoms with Crippen molar-refractivity contribution in [3.8, 4) is 0 Å². The van der Waals surface area contributed by atoms with Crippen LogP contribution in [0.1, 0.15) is 25.8 Å². The average Bonchev–Trinajstić information content (AvgIpc) is 2.26. The number of benzene rings is 1.